The average molecular weight is 275 g/mol. The number of hydrogen-bond acceptors (Lipinski definition) is 3. The first-order chi connectivity index (χ1) is 7.58. The SMILES string of the molecule is C=C(C)C(=O)OC(C)([SiH2]O[SiH3])C(C)(C)C(C)C. The Morgan fingerprint density at radius 2 is 1.82 bits per heavy atom. The molecule has 1 atom stereocenters. The Morgan fingerprint density at radius 1 is 1.35 bits per heavy atom. The largest absolute Gasteiger partial charge is 0.465 e. The molecule has 100 valence electrons. The second-order valence-electron chi connectivity index (χ2n) is 5.71. The lowest BCUT2D eigenvalue weighted by atomic mass is 9.76. The molecule has 0 amide bonds. The van der Waals surface area contributed by atoms with Gasteiger partial charge in [-0.3, -0.25) is 0 Å². The van der Waals surface area contributed by atoms with Gasteiger partial charge in [-0.25, -0.2) is 4.79 Å². The van der Waals surface area contributed by atoms with Gasteiger partial charge in [-0.05, 0) is 19.8 Å². The highest BCUT2D eigenvalue weighted by Gasteiger charge is 2.46. The molecule has 5 heteroatoms. The van der Waals surface area contributed by atoms with Crippen molar-refractivity contribution in [2.24, 2.45) is 11.3 Å². The van der Waals surface area contributed by atoms with E-state index in [0.717, 1.165) is 0 Å². The molecule has 0 N–H and O–H groups in total. The molecule has 0 rings (SSSR count). The Balaban J connectivity index is 5.16. The van der Waals surface area contributed by atoms with Gasteiger partial charge in [0.2, 0.25) is 0 Å². The topological polar surface area (TPSA) is 35.5 Å². The average Bonchev–Trinajstić information content (AvgIpc) is 2.17. The van der Waals surface area contributed by atoms with Crippen LogP contribution in [0.2, 0.25) is 0 Å². The van der Waals surface area contributed by atoms with Crippen molar-refractivity contribution in [2.45, 2.75) is 46.8 Å². The summed E-state index contributed by atoms with van der Waals surface area (Å²) in [5.41, 5.74) is 0.340. The Labute approximate surface area is 110 Å². The van der Waals surface area contributed by atoms with Crippen LogP contribution in [0.1, 0.15) is 41.5 Å². The van der Waals surface area contributed by atoms with Crippen molar-refractivity contribution in [3.8, 4) is 0 Å². The fraction of sp³-hybridized carbons (Fsp3) is 0.750. The van der Waals surface area contributed by atoms with Crippen LogP contribution < -0.4 is 0 Å². The number of esters is 1. The van der Waals surface area contributed by atoms with E-state index in [1.807, 2.05) is 6.92 Å². The zero-order valence-corrected chi connectivity index (χ0v) is 15.6. The van der Waals surface area contributed by atoms with Gasteiger partial charge in [0.05, 0.1) is 0 Å². The Hall–Kier alpha value is -0.396. The molecule has 0 saturated carbocycles. The molecule has 0 aromatic carbocycles. The first-order valence-corrected chi connectivity index (χ1v) is 8.06. The summed E-state index contributed by atoms with van der Waals surface area (Å²) in [6.45, 7) is 15.9. The van der Waals surface area contributed by atoms with E-state index in [9.17, 15) is 4.79 Å². The number of hydrogen-bond donors (Lipinski definition) is 0. The van der Waals surface area contributed by atoms with Gasteiger partial charge in [0.1, 0.15) is 15.7 Å². The van der Waals surface area contributed by atoms with Gasteiger partial charge in [-0.15, -0.1) is 0 Å². The van der Waals surface area contributed by atoms with Crippen molar-refractivity contribution in [1.82, 2.24) is 0 Å². The normalized spacial score (nSPS) is 16.4. The zero-order valence-electron chi connectivity index (χ0n) is 12.2. The highest BCUT2D eigenvalue weighted by atomic mass is 28.3. The number of carbonyl (C=O) groups is 1. The molecule has 0 aromatic heterocycles. The summed E-state index contributed by atoms with van der Waals surface area (Å²) in [5.74, 6) is 0.0992. The van der Waals surface area contributed by atoms with Crippen LogP contribution in [-0.2, 0) is 13.6 Å². The molecule has 0 aliphatic carbocycles. The summed E-state index contributed by atoms with van der Waals surface area (Å²) in [5, 5.41) is -0.487. The van der Waals surface area contributed by atoms with Crippen LogP contribution in [0, 0.1) is 11.3 Å². The predicted molar refractivity (Wildman–Crippen MR) is 77.5 cm³/mol. The number of rotatable bonds is 6. The van der Waals surface area contributed by atoms with Gasteiger partial charge in [0.25, 0.3) is 0 Å². The molecule has 0 saturated heterocycles. The van der Waals surface area contributed by atoms with Crippen molar-refractivity contribution < 1.29 is 13.6 Å². The second-order valence-corrected chi connectivity index (χ2v) is 9.66. The lowest BCUT2D eigenvalue weighted by Gasteiger charge is -2.45. The minimum Gasteiger partial charge on any atom is -0.465 e. The van der Waals surface area contributed by atoms with Crippen molar-refractivity contribution in [3.63, 3.8) is 0 Å². The van der Waals surface area contributed by atoms with Crippen LogP contribution >= 0.6 is 0 Å². The van der Waals surface area contributed by atoms with Crippen molar-refractivity contribution in [3.05, 3.63) is 12.2 Å². The van der Waals surface area contributed by atoms with Gasteiger partial charge in [-0.2, -0.15) is 0 Å². The van der Waals surface area contributed by atoms with Crippen LogP contribution in [0.25, 0.3) is 0 Å². The maximum Gasteiger partial charge on any atom is 0.333 e. The van der Waals surface area contributed by atoms with Crippen molar-refractivity contribution in [1.29, 1.82) is 0 Å². The Bertz CT molecular complexity index is 300. The summed E-state index contributed by atoms with van der Waals surface area (Å²) in [6.07, 6.45) is 0. The van der Waals surface area contributed by atoms with E-state index >= 15 is 0 Å². The third-order valence-corrected chi connectivity index (χ3v) is 6.65. The third kappa shape index (κ3) is 3.79. The molecular formula is C12H26O3Si2. The molecule has 1 unspecified atom stereocenters. The summed E-state index contributed by atoms with van der Waals surface area (Å²) in [7, 11) is -0.211. The van der Waals surface area contributed by atoms with E-state index in [1.54, 1.807) is 6.92 Å². The predicted octanol–water partition coefficient (Wildman–Crippen LogP) is 0.885. The summed E-state index contributed by atoms with van der Waals surface area (Å²) < 4.78 is 11.2. The van der Waals surface area contributed by atoms with Crippen LogP contribution in [0.5, 0.6) is 0 Å². The molecule has 0 aromatic rings. The second kappa shape index (κ2) is 5.97. The molecule has 0 aliphatic heterocycles. The van der Waals surface area contributed by atoms with E-state index in [4.69, 9.17) is 8.85 Å². The van der Waals surface area contributed by atoms with E-state index in [-0.39, 0.29) is 11.4 Å². The molecule has 0 fully saturated rings. The van der Waals surface area contributed by atoms with E-state index < -0.39 is 15.0 Å². The highest BCUT2D eigenvalue weighted by Crippen LogP contribution is 2.40. The van der Waals surface area contributed by atoms with E-state index in [2.05, 4.69) is 34.3 Å². The summed E-state index contributed by atoms with van der Waals surface area (Å²) in [4.78, 5) is 11.8. The molecule has 0 spiro atoms. The first-order valence-electron chi connectivity index (χ1n) is 5.96. The molecule has 17 heavy (non-hydrogen) atoms. The maximum atomic E-state index is 11.8. The molecule has 3 nitrogen and oxygen atoms in total. The fourth-order valence-electron chi connectivity index (χ4n) is 1.52. The highest BCUT2D eigenvalue weighted by molar-refractivity contribution is 6.38. The molecule has 0 aliphatic rings. The van der Waals surface area contributed by atoms with Gasteiger partial charge < -0.3 is 8.85 Å². The monoisotopic (exact) mass is 274 g/mol. The minimum absolute atomic E-state index is 0.102. The van der Waals surface area contributed by atoms with Gasteiger partial charge >= 0.3 is 5.97 Å². The van der Waals surface area contributed by atoms with Crippen LogP contribution in [0.4, 0.5) is 0 Å². The maximum absolute atomic E-state index is 11.8. The quantitative estimate of drug-likeness (QED) is 0.410. The Kier molecular flexibility index (Phi) is 5.83. The summed E-state index contributed by atoms with van der Waals surface area (Å²) >= 11 is 0. The lowest BCUT2D eigenvalue weighted by molar-refractivity contribution is -0.157. The minimum atomic E-state index is -0.905. The third-order valence-electron chi connectivity index (χ3n) is 3.89. The lowest BCUT2D eigenvalue weighted by Crippen LogP contribution is -2.54. The molecule has 0 heterocycles. The van der Waals surface area contributed by atoms with E-state index in [1.165, 1.54) is 0 Å². The standard InChI is InChI=1S/C12H26O3Si2/c1-8(2)10(13)14-12(7,17-15-16)11(5,6)9(3)4/h9H,1,17H2,2-7,16H3. The van der Waals surface area contributed by atoms with E-state index in [0.29, 0.717) is 22.0 Å². The first kappa shape index (κ1) is 16.6. The van der Waals surface area contributed by atoms with Crippen LogP contribution in [-0.4, -0.2) is 31.4 Å². The molecule has 0 bridgehead atoms. The van der Waals surface area contributed by atoms with Gasteiger partial charge in [0, 0.05) is 11.0 Å². The zero-order chi connectivity index (χ0) is 13.9. The van der Waals surface area contributed by atoms with Gasteiger partial charge in [-0.1, -0.05) is 34.3 Å². The van der Waals surface area contributed by atoms with Gasteiger partial charge in [0.15, 0.2) is 9.76 Å². The smallest absolute Gasteiger partial charge is 0.333 e. The van der Waals surface area contributed by atoms with Crippen LogP contribution in [0.3, 0.4) is 0 Å². The molecular weight excluding hydrogens is 248 g/mol. The van der Waals surface area contributed by atoms with Crippen molar-refractivity contribution >= 4 is 26.2 Å². The summed E-state index contributed by atoms with van der Waals surface area (Å²) in [6, 6.07) is 0. The van der Waals surface area contributed by atoms with Crippen molar-refractivity contribution in [2.75, 3.05) is 0 Å². The molecule has 0 radical (unpaired) electrons. The fourth-order valence-corrected chi connectivity index (χ4v) is 4.70. The number of ether oxygens (including phenoxy) is 1. The Morgan fingerprint density at radius 3 is 2.12 bits per heavy atom. The number of carbonyl (C=O) groups excluding carboxylic acids is 1. The van der Waals surface area contributed by atoms with Crippen LogP contribution in [0.15, 0.2) is 12.2 Å².